The Kier molecular flexibility index (Phi) is 5.31. The van der Waals surface area contributed by atoms with Gasteiger partial charge in [-0.1, -0.05) is 19.9 Å². The van der Waals surface area contributed by atoms with E-state index in [9.17, 15) is 14.9 Å². The van der Waals surface area contributed by atoms with Gasteiger partial charge >= 0.3 is 0 Å². The van der Waals surface area contributed by atoms with Crippen molar-refractivity contribution in [2.75, 3.05) is 0 Å². The lowest BCUT2D eigenvalue weighted by atomic mass is 10.0. The van der Waals surface area contributed by atoms with Gasteiger partial charge in [0.2, 0.25) is 0 Å². The van der Waals surface area contributed by atoms with E-state index in [1.54, 1.807) is 17.4 Å². The van der Waals surface area contributed by atoms with Gasteiger partial charge in [0.05, 0.1) is 15.4 Å². The smallest absolute Gasteiger partial charge is 0.284 e. The molecule has 1 N–H and O–H groups in total. The van der Waals surface area contributed by atoms with Crippen LogP contribution < -0.4 is 5.32 Å². The minimum atomic E-state index is -0.514. The number of amides is 1. The Balaban J connectivity index is 2.24. The van der Waals surface area contributed by atoms with Crippen molar-refractivity contribution < 1.29 is 9.72 Å². The third-order valence-corrected chi connectivity index (χ3v) is 4.83. The monoisotopic (exact) mass is 382 g/mol. The zero-order chi connectivity index (χ0) is 16.3. The Labute approximate surface area is 140 Å². The molecule has 0 aliphatic heterocycles. The standard InChI is InChI=1S/C15H15BrN2O3S/c1-9(2)14(13-4-3-7-22-13)17-15(19)10-5-6-11(16)12(8-10)18(20)21/h3-9,14H,1-2H3,(H,17,19)/t14-/m1/s1. The number of rotatable bonds is 5. The highest BCUT2D eigenvalue weighted by atomic mass is 79.9. The van der Waals surface area contributed by atoms with Gasteiger partial charge in [-0.3, -0.25) is 14.9 Å². The number of benzene rings is 1. The van der Waals surface area contributed by atoms with Gasteiger partial charge in [-0.2, -0.15) is 0 Å². The number of halogens is 1. The van der Waals surface area contributed by atoms with Crippen molar-refractivity contribution in [2.45, 2.75) is 19.9 Å². The number of nitro groups is 1. The summed E-state index contributed by atoms with van der Waals surface area (Å²) in [6.45, 7) is 4.05. The van der Waals surface area contributed by atoms with Crippen LogP contribution in [-0.2, 0) is 0 Å². The van der Waals surface area contributed by atoms with Crippen LogP contribution in [0.1, 0.15) is 35.1 Å². The molecule has 1 heterocycles. The molecular formula is C15H15BrN2O3S. The minimum absolute atomic E-state index is 0.116. The molecule has 1 aromatic heterocycles. The predicted octanol–water partition coefficient (Wildman–Crippen LogP) is 4.55. The van der Waals surface area contributed by atoms with Gasteiger partial charge in [0.25, 0.3) is 11.6 Å². The zero-order valence-electron chi connectivity index (χ0n) is 12.1. The van der Waals surface area contributed by atoms with E-state index < -0.39 is 4.92 Å². The molecule has 1 aromatic carbocycles. The summed E-state index contributed by atoms with van der Waals surface area (Å²) in [6.07, 6.45) is 0. The molecule has 2 aromatic rings. The number of hydrogen-bond acceptors (Lipinski definition) is 4. The van der Waals surface area contributed by atoms with Crippen LogP contribution in [0, 0.1) is 16.0 Å². The van der Waals surface area contributed by atoms with Crippen molar-refractivity contribution in [3.05, 3.63) is 60.7 Å². The third-order valence-electron chi connectivity index (χ3n) is 3.21. The first kappa shape index (κ1) is 16.6. The van der Waals surface area contributed by atoms with E-state index in [1.165, 1.54) is 12.1 Å². The van der Waals surface area contributed by atoms with Gasteiger partial charge in [-0.15, -0.1) is 11.3 Å². The third kappa shape index (κ3) is 3.72. The summed E-state index contributed by atoms with van der Waals surface area (Å²) in [5.41, 5.74) is 0.155. The first-order chi connectivity index (χ1) is 10.4. The van der Waals surface area contributed by atoms with Crippen molar-refractivity contribution in [1.82, 2.24) is 5.32 Å². The van der Waals surface area contributed by atoms with E-state index in [1.807, 2.05) is 31.4 Å². The lowest BCUT2D eigenvalue weighted by Gasteiger charge is -2.21. The molecule has 2 rings (SSSR count). The molecule has 0 fully saturated rings. The Hall–Kier alpha value is -1.73. The minimum Gasteiger partial charge on any atom is -0.344 e. The number of hydrogen-bond donors (Lipinski definition) is 1. The molecular weight excluding hydrogens is 368 g/mol. The summed E-state index contributed by atoms with van der Waals surface area (Å²) in [5, 5.41) is 15.9. The van der Waals surface area contributed by atoms with Crippen molar-refractivity contribution in [1.29, 1.82) is 0 Å². The highest BCUT2D eigenvalue weighted by Gasteiger charge is 2.22. The van der Waals surface area contributed by atoms with E-state index in [4.69, 9.17) is 0 Å². The molecule has 0 aliphatic carbocycles. The highest BCUT2D eigenvalue weighted by Crippen LogP contribution is 2.28. The molecule has 0 spiro atoms. The fourth-order valence-electron chi connectivity index (χ4n) is 2.05. The Morgan fingerprint density at radius 3 is 2.64 bits per heavy atom. The van der Waals surface area contributed by atoms with E-state index in [0.29, 0.717) is 4.47 Å². The maximum Gasteiger partial charge on any atom is 0.284 e. The Bertz CT molecular complexity index is 686. The molecule has 0 bridgehead atoms. The zero-order valence-corrected chi connectivity index (χ0v) is 14.5. The fourth-order valence-corrected chi connectivity index (χ4v) is 3.39. The van der Waals surface area contributed by atoms with Gasteiger partial charge in [0.1, 0.15) is 0 Å². The first-order valence-corrected chi connectivity index (χ1v) is 8.35. The van der Waals surface area contributed by atoms with Crippen LogP contribution in [0.2, 0.25) is 0 Å². The normalized spacial score (nSPS) is 12.2. The predicted molar refractivity (Wildman–Crippen MR) is 90.2 cm³/mol. The van der Waals surface area contributed by atoms with Gasteiger partial charge in [-0.05, 0) is 45.4 Å². The molecule has 0 aliphatic rings. The number of nitrogens with zero attached hydrogens (tertiary/aromatic N) is 1. The summed E-state index contributed by atoms with van der Waals surface area (Å²) in [5.74, 6) is -0.101. The second kappa shape index (κ2) is 7.02. The van der Waals surface area contributed by atoms with Crippen LogP contribution in [0.15, 0.2) is 40.2 Å². The summed E-state index contributed by atoms with van der Waals surface area (Å²) < 4.78 is 0.354. The van der Waals surface area contributed by atoms with E-state index in [-0.39, 0.29) is 29.1 Å². The van der Waals surface area contributed by atoms with E-state index >= 15 is 0 Å². The molecule has 0 radical (unpaired) electrons. The number of nitro benzene ring substituents is 1. The maximum atomic E-state index is 12.4. The van der Waals surface area contributed by atoms with Crippen molar-refractivity contribution >= 4 is 38.9 Å². The number of nitrogens with one attached hydrogen (secondary N) is 1. The van der Waals surface area contributed by atoms with Gasteiger partial charge < -0.3 is 5.32 Å². The van der Waals surface area contributed by atoms with Crippen LogP contribution in [0.25, 0.3) is 0 Å². The lowest BCUT2D eigenvalue weighted by Crippen LogP contribution is -2.31. The molecule has 1 amide bonds. The maximum absolute atomic E-state index is 12.4. The average Bonchev–Trinajstić information content (AvgIpc) is 2.98. The van der Waals surface area contributed by atoms with Crippen LogP contribution >= 0.6 is 27.3 Å². The number of carbonyl (C=O) groups is 1. The quantitative estimate of drug-likeness (QED) is 0.608. The summed E-state index contributed by atoms with van der Waals surface area (Å²) in [6, 6.07) is 8.16. The van der Waals surface area contributed by atoms with Gasteiger partial charge in [0.15, 0.2) is 0 Å². The Morgan fingerprint density at radius 2 is 2.09 bits per heavy atom. The van der Waals surface area contributed by atoms with Crippen LogP contribution in [0.3, 0.4) is 0 Å². The topological polar surface area (TPSA) is 72.2 Å². The van der Waals surface area contributed by atoms with E-state index in [0.717, 1.165) is 4.88 Å². The Morgan fingerprint density at radius 1 is 1.36 bits per heavy atom. The molecule has 22 heavy (non-hydrogen) atoms. The second-order valence-corrected chi connectivity index (χ2v) is 6.97. The van der Waals surface area contributed by atoms with Crippen molar-refractivity contribution in [3.63, 3.8) is 0 Å². The molecule has 5 nitrogen and oxygen atoms in total. The lowest BCUT2D eigenvalue weighted by molar-refractivity contribution is -0.385. The summed E-state index contributed by atoms with van der Waals surface area (Å²) in [4.78, 5) is 23.9. The largest absolute Gasteiger partial charge is 0.344 e. The van der Waals surface area contributed by atoms with Gasteiger partial charge in [-0.25, -0.2) is 0 Å². The van der Waals surface area contributed by atoms with E-state index in [2.05, 4.69) is 21.2 Å². The molecule has 0 saturated heterocycles. The molecule has 7 heteroatoms. The average molecular weight is 383 g/mol. The first-order valence-electron chi connectivity index (χ1n) is 6.68. The number of carbonyl (C=O) groups excluding carboxylic acids is 1. The van der Waals surface area contributed by atoms with Gasteiger partial charge in [0, 0.05) is 16.5 Å². The van der Waals surface area contributed by atoms with Crippen LogP contribution in [-0.4, -0.2) is 10.8 Å². The number of thiophene rings is 1. The molecule has 0 unspecified atom stereocenters. The summed E-state index contributed by atoms with van der Waals surface area (Å²) >= 11 is 4.69. The molecule has 116 valence electrons. The van der Waals surface area contributed by atoms with Crippen LogP contribution in [0.5, 0.6) is 0 Å². The van der Waals surface area contributed by atoms with Crippen molar-refractivity contribution in [2.24, 2.45) is 5.92 Å². The molecule has 0 saturated carbocycles. The van der Waals surface area contributed by atoms with Crippen molar-refractivity contribution in [3.8, 4) is 0 Å². The fraction of sp³-hybridized carbons (Fsp3) is 0.267. The molecule has 1 atom stereocenters. The van der Waals surface area contributed by atoms with Crippen LogP contribution in [0.4, 0.5) is 5.69 Å². The second-order valence-electron chi connectivity index (χ2n) is 5.13. The highest BCUT2D eigenvalue weighted by molar-refractivity contribution is 9.10. The SMILES string of the molecule is CC(C)[C@@H](NC(=O)c1ccc(Br)c([N+](=O)[O-])c1)c1cccs1. The summed E-state index contributed by atoms with van der Waals surface area (Å²) in [7, 11) is 0.